The van der Waals surface area contributed by atoms with Crippen LogP contribution in [-0.2, 0) is 9.53 Å². The van der Waals surface area contributed by atoms with Gasteiger partial charge in [-0.25, -0.2) is 0 Å². The molecule has 3 atom stereocenters. The molecule has 1 N–H and O–H groups in total. The van der Waals surface area contributed by atoms with E-state index >= 15 is 0 Å². The monoisotopic (exact) mass is 340 g/mol. The quantitative estimate of drug-likeness (QED) is 0.845. The Kier molecular flexibility index (Phi) is 5.71. The Morgan fingerprint density at radius 3 is 2.56 bits per heavy atom. The lowest BCUT2D eigenvalue weighted by molar-refractivity contribution is -0.138. The Balaban J connectivity index is 1.92. The predicted molar refractivity (Wildman–Crippen MR) is 95.8 cm³/mol. The SMILES string of the molecule is COc1ccc([C@H]2OCCC[C@@H]2[C@@H](CC(=O)O)c2ccccc2)cc1. The molecule has 0 amide bonds. The van der Waals surface area contributed by atoms with Crippen molar-refractivity contribution in [1.29, 1.82) is 0 Å². The molecular weight excluding hydrogens is 316 g/mol. The van der Waals surface area contributed by atoms with Crippen LogP contribution < -0.4 is 4.74 Å². The van der Waals surface area contributed by atoms with Gasteiger partial charge >= 0.3 is 5.97 Å². The average molecular weight is 340 g/mol. The highest BCUT2D eigenvalue weighted by molar-refractivity contribution is 5.68. The second-order valence-corrected chi connectivity index (χ2v) is 6.49. The number of carboxylic acid groups (broad SMARTS) is 1. The lowest BCUT2D eigenvalue weighted by Crippen LogP contribution is -2.29. The Labute approximate surface area is 148 Å². The minimum atomic E-state index is -0.770. The molecule has 0 unspecified atom stereocenters. The molecule has 1 aliphatic rings. The van der Waals surface area contributed by atoms with E-state index in [9.17, 15) is 9.90 Å². The third kappa shape index (κ3) is 4.20. The van der Waals surface area contributed by atoms with Gasteiger partial charge in [0, 0.05) is 6.61 Å². The van der Waals surface area contributed by atoms with E-state index in [1.807, 2.05) is 54.6 Å². The zero-order chi connectivity index (χ0) is 17.6. The topological polar surface area (TPSA) is 55.8 Å². The molecule has 1 fully saturated rings. The van der Waals surface area contributed by atoms with Crippen LogP contribution in [0.15, 0.2) is 54.6 Å². The zero-order valence-corrected chi connectivity index (χ0v) is 14.4. The van der Waals surface area contributed by atoms with E-state index in [0.29, 0.717) is 6.61 Å². The number of carboxylic acids is 1. The fraction of sp³-hybridized carbons (Fsp3) is 0.381. The van der Waals surface area contributed by atoms with Crippen LogP contribution in [0.4, 0.5) is 0 Å². The van der Waals surface area contributed by atoms with E-state index < -0.39 is 5.97 Å². The van der Waals surface area contributed by atoms with Gasteiger partial charge in [0.05, 0.1) is 19.6 Å². The van der Waals surface area contributed by atoms with Gasteiger partial charge in [-0.2, -0.15) is 0 Å². The smallest absolute Gasteiger partial charge is 0.303 e. The molecule has 4 heteroatoms. The number of ether oxygens (including phenoxy) is 2. The summed E-state index contributed by atoms with van der Waals surface area (Å²) in [6.45, 7) is 0.710. The van der Waals surface area contributed by atoms with Crippen molar-refractivity contribution in [3.63, 3.8) is 0 Å². The molecule has 3 rings (SSSR count). The first kappa shape index (κ1) is 17.5. The van der Waals surface area contributed by atoms with E-state index in [4.69, 9.17) is 9.47 Å². The number of hydrogen-bond acceptors (Lipinski definition) is 3. The maximum absolute atomic E-state index is 11.5. The van der Waals surface area contributed by atoms with Crippen molar-refractivity contribution in [2.24, 2.45) is 5.92 Å². The molecule has 2 aromatic carbocycles. The van der Waals surface area contributed by atoms with Crippen molar-refractivity contribution in [3.05, 3.63) is 65.7 Å². The van der Waals surface area contributed by atoms with Gasteiger partial charge in [0.25, 0.3) is 0 Å². The predicted octanol–water partition coefficient (Wildman–Crippen LogP) is 4.42. The van der Waals surface area contributed by atoms with Crippen molar-refractivity contribution in [2.75, 3.05) is 13.7 Å². The van der Waals surface area contributed by atoms with E-state index in [-0.39, 0.29) is 24.4 Å². The number of hydrogen-bond donors (Lipinski definition) is 1. The van der Waals surface area contributed by atoms with Gasteiger partial charge in [0.2, 0.25) is 0 Å². The summed E-state index contributed by atoms with van der Waals surface area (Å²) in [6, 6.07) is 17.8. The zero-order valence-electron chi connectivity index (χ0n) is 14.4. The maximum atomic E-state index is 11.5. The lowest BCUT2D eigenvalue weighted by Gasteiger charge is -2.37. The molecular formula is C21H24O4. The fourth-order valence-electron chi connectivity index (χ4n) is 3.76. The molecule has 4 nitrogen and oxygen atoms in total. The Morgan fingerprint density at radius 2 is 1.92 bits per heavy atom. The Hall–Kier alpha value is -2.33. The van der Waals surface area contributed by atoms with Crippen LogP contribution >= 0.6 is 0 Å². The molecule has 1 saturated heterocycles. The lowest BCUT2D eigenvalue weighted by atomic mass is 9.75. The second-order valence-electron chi connectivity index (χ2n) is 6.49. The standard InChI is InChI=1S/C21H24O4/c1-24-17-11-9-16(10-12-17)21-18(8-5-13-25-21)19(14-20(22)23)15-6-3-2-4-7-15/h2-4,6-7,9-12,18-19,21H,5,8,13-14H2,1H3,(H,22,23)/t18-,19+,21-/m1/s1. The largest absolute Gasteiger partial charge is 0.497 e. The van der Waals surface area contributed by atoms with Crippen molar-refractivity contribution in [1.82, 2.24) is 0 Å². The van der Waals surface area contributed by atoms with Gasteiger partial charge < -0.3 is 14.6 Å². The van der Waals surface area contributed by atoms with Crippen molar-refractivity contribution in [3.8, 4) is 5.75 Å². The number of benzene rings is 2. The molecule has 0 aromatic heterocycles. The number of aliphatic carboxylic acids is 1. The summed E-state index contributed by atoms with van der Waals surface area (Å²) in [4.78, 5) is 11.5. The molecule has 0 spiro atoms. The van der Waals surface area contributed by atoms with Crippen molar-refractivity contribution >= 4 is 5.97 Å². The molecule has 132 valence electrons. The first-order valence-electron chi connectivity index (χ1n) is 8.71. The summed E-state index contributed by atoms with van der Waals surface area (Å²) in [6.07, 6.45) is 1.94. The first-order valence-corrected chi connectivity index (χ1v) is 8.71. The third-order valence-electron chi connectivity index (χ3n) is 4.95. The van der Waals surface area contributed by atoms with Crippen molar-refractivity contribution < 1.29 is 19.4 Å². The van der Waals surface area contributed by atoms with Crippen LogP contribution in [0.3, 0.4) is 0 Å². The Morgan fingerprint density at radius 1 is 1.20 bits per heavy atom. The summed E-state index contributed by atoms with van der Waals surface area (Å²) in [5.41, 5.74) is 2.15. The molecule has 0 bridgehead atoms. The Bertz CT molecular complexity index is 681. The molecule has 0 aliphatic carbocycles. The summed E-state index contributed by atoms with van der Waals surface area (Å²) < 4.78 is 11.3. The van der Waals surface area contributed by atoms with Gasteiger partial charge in [0.15, 0.2) is 0 Å². The van der Waals surface area contributed by atoms with Crippen LogP contribution in [0.5, 0.6) is 5.75 Å². The third-order valence-corrected chi connectivity index (χ3v) is 4.95. The minimum Gasteiger partial charge on any atom is -0.497 e. The van der Waals surface area contributed by atoms with Crippen LogP contribution in [0.25, 0.3) is 0 Å². The van der Waals surface area contributed by atoms with Crippen LogP contribution in [-0.4, -0.2) is 24.8 Å². The van der Waals surface area contributed by atoms with Crippen molar-refractivity contribution in [2.45, 2.75) is 31.3 Å². The van der Waals surface area contributed by atoms with Gasteiger partial charge in [-0.15, -0.1) is 0 Å². The molecule has 0 saturated carbocycles. The van der Waals surface area contributed by atoms with Crippen LogP contribution in [0.1, 0.15) is 42.4 Å². The van der Waals surface area contributed by atoms with E-state index in [1.54, 1.807) is 7.11 Å². The maximum Gasteiger partial charge on any atom is 0.303 e. The van der Waals surface area contributed by atoms with E-state index in [0.717, 1.165) is 29.7 Å². The molecule has 25 heavy (non-hydrogen) atoms. The van der Waals surface area contributed by atoms with Gasteiger partial charge in [-0.05, 0) is 47.9 Å². The highest BCUT2D eigenvalue weighted by Crippen LogP contribution is 2.44. The van der Waals surface area contributed by atoms with Crippen LogP contribution in [0, 0.1) is 5.92 Å². The number of rotatable bonds is 6. The van der Waals surface area contributed by atoms with E-state index in [1.165, 1.54) is 0 Å². The second kappa shape index (κ2) is 8.17. The van der Waals surface area contributed by atoms with Crippen LogP contribution in [0.2, 0.25) is 0 Å². The minimum absolute atomic E-state index is 0.0638. The first-order chi connectivity index (χ1) is 12.2. The summed E-state index contributed by atoms with van der Waals surface area (Å²) in [5.74, 6) is 0.112. The molecule has 1 aliphatic heterocycles. The summed E-state index contributed by atoms with van der Waals surface area (Å²) in [7, 11) is 1.65. The van der Waals surface area contributed by atoms with E-state index in [2.05, 4.69) is 0 Å². The molecule has 2 aromatic rings. The molecule has 1 heterocycles. The number of carbonyl (C=O) groups is 1. The fourth-order valence-corrected chi connectivity index (χ4v) is 3.76. The number of methoxy groups -OCH3 is 1. The van der Waals surface area contributed by atoms with Gasteiger partial charge in [-0.3, -0.25) is 4.79 Å². The molecule has 0 radical (unpaired) electrons. The summed E-state index contributed by atoms with van der Waals surface area (Å²) in [5, 5.41) is 9.44. The average Bonchev–Trinajstić information content (AvgIpc) is 2.67. The highest BCUT2D eigenvalue weighted by atomic mass is 16.5. The highest BCUT2D eigenvalue weighted by Gasteiger charge is 2.35. The normalized spacial score (nSPS) is 21.5. The van der Waals surface area contributed by atoms with Gasteiger partial charge in [0.1, 0.15) is 5.75 Å². The summed E-state index contributed by atoms with van der Waals surface area (Å²) >= 11 is 0. The van der Waals surface area contributed by atoms with Gasteiger partial charge in [-0.1, -0.05) is 42.5 Å².